The highest BCUT2D eigenvalue weighted by Gasteiger charge is 2.85. The van der Waals surface area contributed by atoms with Crippen molar-refractivity contribution in [3.05, 3.63) is 59.0 Å². The van der Waals surface area contributed by atoms with Crippen LogP contribution in [0, 0.1) is 63.1 Å². The molecule has 0 amide bonds. The molecule has 82 heavy (non-hydrogen) atoms. The average molecular weight is 1140 g/mol. The number of Topliss-reactive ketones (excluding diaryl/α,β-unsaturated/α-hetero) is 1. The lowest BCUT2D eigenvalue weighted by Crippen LogP contribution is -2.78. The van der Waals surface area contributed by atoms with E-state index in [2.05, 4.69) is 29.7 Å². The third-order valence-corrected chi connectivity index (χ3v) is 25.3. The van der Waals surface area contributed by atoms with Gasteiger partial charge in [-0.2, -0.15) is 0 Å². The number of carbonyl (C=O) groups is 1. The Labute approximate surface area is 487 Å². The summed E-state index contributed by atoms with van der Waals surface area (Å²) >= 11 is 0. The quantitative estimate of drug-likeness (QED) is 0.0717. The third-order valence-electron chi connectivity index (χ3n) is 25.3. The molecule has 2 heterocycles. The van der Waals surface area contributed by atoms with Gasteiger partial charge in [-0.1, -0.05) is 88.7 Å². The van der Waals surface area contributed by atoms with Crippen LogP contribution in [0.1, 0.15) is 194 Å². The van der Waals surface area contributed by atoms with E-state index in [9.17, 15) is 35.7 Å². The van der Waals surface area contributed by atoms with Gasteiger partial charge in [0.1, 0.15) is 5.60 Å². The van der Waals surface area contributed by atoms with Crippen LogP contribution in [-0.4, -0.2) is 143 Å². The Bertz CT molecular complexity index is 2530. The van der Waals surface area contributed by atoms with Crippen LogP contribution in [0.5, 0.6) is 0 Å². The molecule has 11 aliphatic carbocycles. The minimum Gasteiger partial charge on any atom is -0.396 e. The van der Waals surface area contributed by atoms with E-state index in [1.54, 1.807) is 13.8 Å². The summed E-state index contributed by atoms with van der Waals surface area (Å²) in [5.74, 6) is -1.98. The topological polar surface area (TPSA) is 268 Å². The van der Waals surface area contributed by atoms with Crippen LogP contribution in [0.3, 0.4) is 0 Å². The van der Waals surface area contributed by atoms with Gasteiger partial charge in [0.15, 0.2) is 5.78 Å². The number of aliphatic hydroxyl groups excluding tert-OH is 5. The highest BCUT2D eigenvalue weighted by atomic mass is 16.5. The molecule has 13 aliphatic rings. The number of nitrogens with one attached hydrogen (secondary N) is 2. The first-order valence-corrected chi connectivity index (χ1v) is 33.1. The van der Waals surface area contributed by atoms with Crippen molar-refractivity contribution in [2.45, 2.75) is 265 Å². The Kier molecular flexibility index (Phi) is 16.2. The van der Waals surface area contributed by atoms with Gasteiger partial charge in [0, 0.05) is 59.1 Å². The van der Waals surface area contributed by atoms with Crippen LogP contribution in [-0.2, 0) is 14.3 Å². The van der Waals surface area contributed by atoms with Crippen LogP contribution < -0.4 is 16.4 Å². The van der Waals surface area contributed by atoms with E-state index >= 15 is 15.0 Å². The summed E-state index contributed by atoms with van der Waals surface area (Å²) in [5, 5.41) is 124. The van der Waals surface area contributed by atoms with Gasteiger partial charge in [-0.05, 0) is 177 Å². The number of hydrogen-bond acceptors (Lipinski definition) is 15. The number of rotatable bonds is 16. The molecule has 15 nitrogen and oxygen atoms in total. The second-order valence-corrected chi connectivity index (χ2v) is 29.5. The van der Waals surface area contributed by atoms with Gasteiger partial charge in [0.2, 0.25) is 0 Å². The van der Waals surface area contributed by atoms with Crippen molar-refractivity contribution < 1.29 is 60.2 Å². The Morgan fingerprint density at radius 1 is 0.866 bits per heavy atom. The van der Waals surface area contributed by atoms with Crippen molar-refractivity contribution in [1.29, 1.82) is 0 Å². The maximum absolute atomic E-state index is 16.4. The number of aliphatic hydroxyl groups is 9. The molecule has 2 spiro atoms. The number of carbonyl (C=O) groups excluding carboxylic acids is 1. The first kappa shape index (κ1) is 59.8. The number of ether oxygens (including phenoxy) is 2. The summed E-state index contributed by atoms with van der Waals surface area (Å²) in [6.07, 6.45) is 24.7. The monoisotopic (exact) mass is 1140 g/mol. The van der Waals surface area contributed by atoms with E-state index < -0.39 is 98.5 Å². The highest BCUT2D eigenvalue weighted by molar-refractivity contribution is 6.01. The normalized spacial score (nSPS) is 48.2. The zero-order valence-corrected chi connectivity index (χ0v) is 49.7. The van der Waals surface area contributed by atoms with E-state index in [0.29, 0.717) is 68.6 Å². The molecule has 0 aromatic carbocycles. The zero-order valence-electron chi connectivity index (χ0n) is 49.7. The Morgan fingerprint density at radius 3 is 2.34 bits per heavy atom. The van der Waals surface area contributed by atoms with Gasteiger partial charge >= 0.3 is 0 Å². The van der Waals surface area contributed by atoms with Gasteiger partial charge in [0.05, 0.1) is 76.8 Å². The standard InChI is InChI=1S/C67H103N3O12/c1-4-10-41-17-21-45-52(23-18-41)82-59-55(45)49(73)14-8-27-67(59,80)60(3,77)53-25-28-66(79)58-56(69-37-40(2)72)57(76)47-35-50(74)51(75)36-62(47)38-61(46-22-24-54(68)70-48(46)13-9-33-71)29-31-63(78,65(58,62)32-30-61)39-64(53,66)43-19-15-42(16-20-43)26-34-81-44-11-6-5-7-12-44/h22,24,29-32,40-45,47,49-55,59,69-75,77-80H,4-21,23,25-28,33-39,68H2,1-3H3/t40-,41+,42?,43?,45+,47-,49+,50+,51-,52+,53+,54?,55+,59+,60+,61+,62+,63-,64-,65-,66+,67+/m0/s1. The molecule has 20 atom stereocenters. The third kappa shape index (κ3) is 9.00. The SMILES string of the molecule is CCC[C@@H]1CC[C@H]2[C@@H]3[C@H](O)CCC[C@](O)([C@](C)(O)[C@H]4CC[C@@]5(O)C6=C(NC[C@H](C)O)C(=O)[C@@H]7C[C@@H](O)[C@@H](O)C[C@@]78C[C@]7(C9=C(CCCO)NC(N)C=C9)C=C[C@]68[C@](O)(C=C7)C[C@]45C4CCC(CCOC5CCCCC5)CC4)[C@@H]3O[C@@H]2CC1. The van der Waals surface area contributed by atoms with Crippen LogP contribution in [0.4, 0.5) is 0 Å². The van der Waals surface area contributed by atoms with E-state index in [1.165, 1.54) is 19.3 Å². The summed E-state index contributed by atoms with van der Waals surface area (Å²) in [4.78, 5) is 16.4. The number of dihydropyridines is 1. The van der Waals surface area contributed by atoms with Crippen molar-refractivity contribution in [1.82, 2.24) is 10.6 Å². The number of hydrogen-bond donors (Lipinski definition) is 12. The second kappa shape index (κ2) is 22.3. The lowest BCUT2D eigenvalue weighted by molar-refractivity contribution is -0.285. The molecule has 0 aromatic heterocycles. The molecule has 13 rings (SSSR count). The van der Waals surface area contributed by atoms with Crippen molar-refractivity contribution in [2.24, 2.45) is 68.8 Å². The molecule has 2 bridgehead atoms. The number of fused-ring (bicyclic) bond motifs is 5. The van der Waals surface area contributed by atoms with E-state index in [0.717, 1.165) is 81.9 Å². The lowest BCUT2D eigenvalue weighted by atomic mass is 9.30. The molecule has 2 aliphatic heterocycles. The molecule has 15 heteroatoms. The summed E-state index contributed by atoms with van der Waals surface area (Å²) in [6, 6.07) is 0. The van der Waals surface area contributed by atoms with Gasteiger partial charge in [-0.3, -0.25) is 4.79 Å². The largest absolute Gasteiger partial charge is 0.396 e. The highest BCUT2D eigenvalue weighted by Crippen LogP contribution is 2.83. The molecular weight excluding hydrogens is 1040 g/mol. The minimum atomic E-state index is -1.98. The lowest BCUT2D eigenvalue weighted by Gasteiger charge is -2.74. The Morgan fingerprint density at radius 2 is 1.60 bits per heavy atom. The fourth-order valence-corrected chi connectivity index (χ4v) is 21.7. The van der Waals surface area contributed by atoms with Crippen LogP contribution in [0.25, 0.3) is 0 Å². The molecule has 458 valence electrons. The number of ketones is 1. The summed E-state index contributed by atoms with van der Waals surface area (Å²) in [5.41, 5.74) is -4.33. The van der Waals surface area contributed by atoms with Crippen molar-refractivity contribution >= 4 is 5.78 Å². The summed E-state index contributed by atoms with van der Waals surface area (Å²) in [6.45, 7) is 6.22. The Balaban J connectivity index is 1.05. The predicted molar refractivity (Wildman–Crippen MR) is 311 cm³/mol. The molecule has 1 unspecified atom stereocenters. The second-order valence-electron chi connectivity index (χ2n) is 29.5. The minimum absolute atomic E-state index is 0.00795. The van der Waals surface area contributed by atoms with Crippen molar-refractivity contribution in [3.63, 3.8) is 0 Å². The molecule has 0 aromatic rings. The molecule has 0 radical (unpaired) electrons. The summed E-state index contributed by atoms with van der Waals surface area (Å²) in [7, 11) is 0. The maximum atomic E-state index is 16.4. The molecule has 1 saturated heterocycles. The van der Waals surface area contributed by atoms with E-state index in [1.807, 2.05) is 24.3 Å². The van der Waals surface area contributed by atoms with Crippen molar-refractivity contribution in [3.8, 4) is 0 Å². The summed E-state index contributed by atoms with van der Waals surface area (Å²) < 4.78 is 13.8. The number of allylic oxidation sites excluding steroid dienone is 6. The first-order chi connectivity index (χ1) is 39.2. The van der Waals surface area contributed by atoms with Gasteiger partial charge in [-0.15, -0.1) is 0 Å². The van der Waals surface area contributed by atoms with Crippen LogP contribution in [0.15, 0.2) is 59.0 Å². The van der Waals surface area contributed by atoms with Crippen LogP contribution in [0.2, 0.25) is 0 Å². The zero-order chi connectivity index (χ0) is 57.8. The molecule has 13 N–H and O–H groups in total. The first-order valence-electron chi connectivity index (χ1n) is 33.1. The number of nitrogens with two attached hydrogens (primary N) is 1. The van der Waals surface area contributed by atoms with E-state index in [4.69, 9.17) is 15.2 Å². The van der Waals surface area contributed by atoms with Crippen LogP contribution >= 0.6 is 0 Å². The maximum Gasteiger partial charge on any atom is 0.182 e. The van der Waals surface area contributed by atoms with E-state index in [-0.39, 0.29) is 87.5 Å². The average Bonchev–Trinajstić information content (AvgIpc) is 1.23. The predicted octanol–water partition coefficient (Wildman–Crippen LogP) is 6.71. The fourth-order valence-electron chi connectivity index (χ4n) is 21.7. The molecule has 7 saturated carbocycles. The van der Waals surface area contributed by atoms with Gasteiger partial charge < -0.3 is 71.8 Å². The Hall–Kier alpha value is -2.51. The molecule has 8 fully saturated rings. The fraction of sp³-hybridized carbons (Fsp3) is 0.836. The van der Waals surface area contributed by atoms with Gasteiger partial charge in [-0.25, -0.2) is 0 Å². The molecular formula is C67H103N3O12. The van der Waals surface area contributed by atoms with Gasteiger partial charge in [0.25, 0.3) is 0 Å². The smallest absolute Gasteiger partial charge is 0.182 e. The van der Waals surface area contributed by atoms with Crippen molar-refractivity contribution in [2.75, 3.05) is 19.8 Å².